The van der Waals surface area contributed by atoms with E-state index in [1.807, 2.05) is 0 Å². The first-order valence-corrected chi connectivity index (χ1v) is 14.2. The van der Waals surface area contributed by atoms with Crippen molar-refractivity contribution in [3.8, 4) is 0 Å². The Kier molecular flexibility index (Phi) is 8.00. The van der Waals surface area contributed by atoms with Gasteiger partial charge in [0.1, 0.15) is 0 Å². The Morgan fingerprint density at radius 3 is 0.643 bits per heavy atom. The molecule has 0 radical (unpaired) electrons. The first-order chi connectivity index (χ1) is 6.29. The predicted octanol–water partition coefficient (Wildman–Crippen LogP) is 4.60. The summed E-state index contributed by atoms with van der Waals surface area (Å²) < 4.78 is 0. The van der Waals surface area contributed by atoms with E-state index in [4.69, 9.17) is 0 Å². The molecule has 0 bridgehead atoms. The van der Waals surface area contributed by atoms with E-state index >= 15 is 0 Å². The van der Waals surface area contributed by atoms with Gasteiger partial charge >= 0.3 is 0 Å². The zero-order valence-corrected chi connectivity index (χ0v) is 14.5. The summed E-state index contributed by atoms with van der Waals surface area (Å²) in [6.07, 6.45) is 0. The Morgan fingerprint density at radius 1 is 0.429 bits per heavy atom. The second-order valence-corrected chi connectivity index (χ2v) is 15.4. The van der Waals surface area contributed by atoms with E-state index in [2.05, 4.69) is 53.3 Å². The summed E-state index contributed by atoms with van der Waals surface area (Å²) in [6, 6.07) is 0. The van der Waals surface area contributed by atoms with Crippen LogP contribution in [0.3, 0.4) is 0 Å². The number of hydrogen-bond acceptors (Lipinski definition) is 0. The molecular formula is C10H26P4. The van der Waals surface area contributed by atoms with Gasteiger partial charge in [-0.2, -0.15) is 0 Å². The molecule has 86 valence electrons. The summed E-state index contributed by atoms with van der Waals surface area (Å²) in [7, 11) is 1.01. The molecule has 0 unspecified atom stereocenters. The average molecular weight is 270 g/mol. The molecule has 4 heteroatoms. The van der Waals surface area contributed by atoms with Crippen LogP contribution < -0.4 is 0 Å². The minimum Gasteiger partial charge on any atom is -0.105 e. The molecule has 0 rings (SSSR count). The lowest BCUT2D eigenvalue weighted by molar-refractivity contribution is 1.27. The van der Waals surface area contributed by atoms with Crippen LogP contribution in [0.25, 0.3) is 0 Å². The molecule has 0 aromatic carbocycles. The first-order valence-electron chi connectivity index (χ1n) is 4.94. The molecule has 0 N–H and O–H groups in total. The summed E-state index contributed by atoms with van der Waals surface area (Å²) in [5, 5.41) is 2.12. The van der Waals surface area contributed by atoms with Crippen LogP contribution in [-0.4, -0.2) is 64.1 Å². The van der Waals surface area contributed by atoms with E-state index in [0.29, 0.717) is 0 Å². The summed E-state index contributed by atoms with van der Waals surface area (Å²) in [4.78, 5) is 0. The zero-order valence-electron chi connectivity index (χ0n) is 10.9. The fraction of sp³-hybridized carbons (Fsp3) is 1.00. The van der Waals surface area contributed by atoms with Gasteiger partial charge in [-0.3, -0.25) is 0 Å². The highest BCUT2D eigenvalue weighted by molar-refractivity contribution is 7.81. The van der Waals surface area contributed by atoms with Gasteiger partial charge in [-0.15, -0.1) is 31.7 Å². The van der Waals surface area contributed by atoms with Crippen molar-refractivity contribution in [3.63, 3.8) is 0 Å². The van der Waals surface area contributed by atoms with Gasteiger partial charge in [0.15, 0.2) is 0 Å². The highest BCUT2D eigenvalue weighted by atomic mass is 31.2. The standard InChI is InChI=1S/C10H26P4/c1-11(2)9(12(3)4)10(13(5)6)14(7)8/h9-10H,1-8H3. The molecule has 0 aliphatic rings. The zero-order chi connectivity index (χ0) is 11.5. The topological polar surface area (TPSA) is 0 Å². The molecule has 0 aromatic heterocycles. The van der Waals surface area contributed by atoms with Crippen molar-refractivity contribution in [1.29, 1.82) is 0 Å². The summed E-state index contributed by atoms with van der Waals surface area (Å²) >= 11 is 0. The van der Waals surface area contributed by atoms with Crippen molar-refractivity contribution in [1.82, 2.24) is 0 Å². The van der Waals surface area contributed by atoms with Gasteiger partial charge in [-0.25, -0.2) is 0 Å². The van der Waals surface area contributed by atoms with Gasteiger partial charge in [0.25, 0.3) is 0 Å². The van der Waals surface area contributed by atoms with Crippen molar-refractivity contribution in [2.45, 2.75) is 10.8 Å². The summed E-state index contributed by atoms with van der Waals surface area (Å²) in [5.74, 6) is 0. The third-order valence-electron chi connectivity index (χ3n) is 2.38. The molecular weight excluding hydrogens is 244 g/mol. The average Bonchev–Trinajstić information content (AvgIpc) is 1.96. The maximum Gasteiger partial charge on any atom is 0.00909 e. The minimum atomic E-state index is 0.254. The maximum absolute atomic E-state index is 2.48. The summed E-state index contributed by atoms with van der Waals surface area (Å²) in [5.41, 5.74) is 0. The van der Waals surface area contributed by atoms with E-state index in [1.165, 1.54) is 0 Å². The van der Waals surface area contributed by atoms with Crippen LogP contribution in [0.1, 0.15) is 0 Å². The van der Waals surface area contributed by atoms with Crippen molar-refractivity contribution in [2.24, 2.45) is 0 Å². The molecule has 0 saturated carbocycles. The Labute approximate surface area is 96.0 Å². The van der Waals surface area contributed by atoms with Gasteiger partial charge in [-0.05, 0) is 53.3 Å². The molecule has 0 aromatic rings. The Balaban J connectivity index is 4.74. The molecule has 0 fully saturated rings. The Bertz CT molecular complexity index is 120. The van der Waals surface area contributed by atoms with E-state index < -0.39 is 0 Å². The lowest BCUT2D eigenvalue weighted by Crippen LogP contribution is -2.18. The molecule has 0 aliphatic heterocycles. The third kappa shape index (κ3) is 4.71. The minimum absolute atomic E-state index is 0.254. The van der Waals surface area contributed by atoms with Crippen LogP contribution in [0.4, 0.5) is 0 Å². The SMILES string of the molecule is CP(C)C(C(P(C)C)P(C)C)P(C)C. The molecule has 0 atom stereocenters. The smallest absolute Gasteiger partial charge is 0.00909 e. The van der Waals surface area contributed by atoms with Crippen LogP contribution in [0.5, 0.6) is 0 Å². The van der Waals surface area contributed by atoms with E-state index in [9.17, 15) is 0 Å². The van der Waals surface area contributed by atoms with Crippen LogP contribution >= 0.6 is 31.7 Å². The molecule has 0 heterocycles. The molecule has 0 nitrogen and oxygen atoms in total. The Hall–Kier alpha value is 1.72. The van der Waals surface area contributed by atoms with Crippen LogP contribution in [0, 0.1) is 0 Å². The molecule has 0 saturated heterocycles. The third-order valence-corrected chi connectivity index (χ3v) is 14.3. The Morgan fingerprint density at radius 2 is 0.571 bits per heavy atom. The largest absolute Gasteiger partial charge is 0.105 e. The van der Waals surface area contributed by atoms with E-state index in [-0.39, 0.29) is 31.7 Å². The van der Waals surface area contributed by atoms with Gasteiger partial charge in [-0.1, -0.05) is 0 Å². The molecule has 0 spiro atoms. The molecule has 14 heavy (non-hydrogen) atoms. The van der Waals surface area contributed by atoms with Crippen LogP contribution in [0.15, 0.2) is 0 Å². The monoisotopic (exact) mass is 270 g/mol. The van der Waals surface area contributed by atoms with Crippen molar-refractivity contribution < 1.29 is 0 Å². The van der Waals surface area contributed by atoms with Crippen LogP contribution in [-0.2, 0) is 0 Å². The van der Waals surface area contributed by atoms with Crippen LogP contribution in [0.2, 0.25) is 0 Å². The normalized spacial score (nSPS) is 13.3. The molecule has 0 amide bonds. The number of rotatable bonds is 5. The number of hydrogen-bond donors (Lipinski definition) is 0. The quantitative estimate of drug-likeness (QED) is 0.640. The van der Waals surface area contributed by atoms with Gasteiger partial charge < -0.3 is 0 Å². The first kappa shape index (κ1) is 15.7. The summed E-state index contributed by atoms with van der Waals surface area (Å²) in [6.45, 7) is 19.8. The predicted molar refractivity (Wildman–Crippen MR) is 82.6 cm³/mol. The van der Waals surface area contributed by atoms with Crippen molar-refractivity contribution >= 4 is 31.7 Å². The van der Waals surface area contributed by atoms with Crippen molar-refractivity contribution in [3.05, 3.63) is 0 Å². The van der Waals surface area contributed by atoms with E-state index in [1.54, 1.807) is 0 Å². The highest BCUT2D eigenvalue weighted by Gasteiger charge is 2.31. The second kappa shape index (κ2) is 7.13. The molecule has 0 aliphatic carbocycles. The van der Waals surface area contributed by atoms with Gasteiger partial charge in [0.2, 0.25) is 0 Å². The fourth-order valence-electron chi connectivity index (χ4n) is 1.99. The van der Waals surface area contributed by atoms with Gasteiger partial charge in [0, 0.05) is 10.8 Å². The maximum atomic E-state index is 2.48. The van der Waals surface area contributed by atoms with Gasteiger partial charge in [0.05, 0.1) is 0 Å². The van der Waals surface area contributed by atoms with E-state index in [0.717, 1.165) is 10.8 Å². The highest BCUT2D eigenvalue weighted by Crippen LogP contribution is 2.65. The lowest BCUT2D eigenvalue weighted by Gasteiger charge is -2.39. The second-order valence-electron chi connectivity index (χ2n) is 4.68. The fourth-order valence-corrected chi connectivity index (χ4v) is 17.9. The van der Waals surface area contributed by atoms with Crippen molar-refractivity contribution in [2.75, 3.05) is 53.3 Å². The lowest BCUT2D eigenvalue weighted by atomic mass is 10.9.